The van der Waals surface area contributed by atoms with Crippen molar-refractivity contribution in [3.05, 3.63) is 30.1 Å². The number of ether oxygens (including phenoxy) is 2. The lowest BCUT2D eigenvalue weighted by molar-refractivity contribution is -0.170. The highest BCUT2D eigenvalue weighted by Crippen LogP contribution is 2.37. The van der Waals surface area contributed by atoms with Crippen molar-refractivity contribution in [2.75, 3.05) is 6.61 Å². The molecule has 2 aliphatic rings. The van der Waals surface area contributed by atoms with Crippen LogP contribution in [0, 0.1) is 11.8 Å². The Morgan fingerprint density at radius 1 is 1.21 bits per heavy atom. The summed E-state index contributed by atoms with van der Waals surface area (Å²) in [4.78, 5) is 28.3. The maximum absolute atomic E-state index is 12.3. The molecule has 0 bridgehead atoms. The Labute approximate surface area is 169 Å². The maximum Gasteiger partial charge on any atom is 0.188 e. The average Bonchev–Trinajstić information content (AvgIpc) is 3.46. The number of aromatic nitrogens is 1. The highest BCUT2D eigenvalue weighted by atomic mass is 16.6. The van der Waals surface area contributed by atoms with Gasteiger partial charge in [-0.05, 0) is 19.1 Å². The third-order valence-electron chi connectivity index (χ3n) is 5.90. The molecule has 3 heterocycles. The summed E-state index contributed by atoms with van der Waals surface area (Å²) in [6.45, 7) is 3.73. The van der Waals surface area contributed by atoms with Gasteiger partial charge < -0.3 is 24.8 Å². The molecule has 0 amide bonds. The first kappa shape index (κ1) is 22.0. The molecule has 2 fully saturated rings. The number of aliphatic hydroxyl groups is 3. The van der Waals surface area contributed by atoms with E-state index >= 15 is 0 Å². The summed E-state index contributed by atoms with van der Waals surface area (Å²) in [5.41, 5.74) is 0.229. The minimum atomic E-state index is -1.14. The van der Waals surface area contributed by atoms with Crippen LogP contribution in [0.25, 0.3) is 0 Å². The van der Waals surface area contributed by atoms with Crippen LogP contribution in [-0.2, 0) is 14.3 Å². The van der Waals surface area contributed by atoms with Gasteiger partial charge >= 0.3 is 0 Å². The Balaban J connectivity index is 1.46. The van der Waals surface area contributed by atoms with Crippen LogP contribution in [0.1, 0.15) is 43.6 Å². The Bertz CT molecular complexity index is 710. The summed E-state index contributed by atoms with van der Waals surface area (Å²) < 4.78 is 11.3. The molecule has 0 aliphatic carbocycles. The summed E-state index contributed by atoms with van der Waals surface area (Å²) in [5.74, 6) is -1.29. The number of carbonyl (C=O) groups is 2. The molecule has 0 spiro atoms. The zero-order chi connectivity index (χ0) is 21.1. The molecule has 3 rings (SSSR count). The van der Waals surface area contributed by atoms with Gasteiger partial charge in [-0.2, -0.15) is 0 Å². The van der Waals surface area contributed by atoms with Crippen molar-refractivity contribution < 1.29 is 34.4 Å². The lowest BCUT2D eigenvalue weighted by atomic mass is 9.85. The molecule has 2 aliphatic heterocycles. The van der Waals surface area contributed by atoms with Crippen LogP contribution in [0.4, 0.5) is 0 Å². The largest absolute Gasteiger partial charge is 0.393 e. The smallest absolute Gasteiger partial charge is 0.188 e. The molecular formula is C21H29NO7. The normalized spacial score (nSPS) is 33.7. The second-order valence-corrected chi connectivity index (χ2v) is 8.15. The summed E-state index contributed by atoms with van der Waals surface area (Å²) >= 11 is 0. The van der Waals surface area contributed by atoms with E-state index < -0.39 is 30.3 Å². The van der Waals surface area contributed by atoms with Crippen LogP contribution in [0.3, 0.4) is 0 Å². The summed E-state index contributed by atoms with van der Waals surface area (Å²) in [7, 11) is 0. The van der Waals surface area contributed by atoms with Gasteiger partial charge in [0.25, 0.3) is 0 Å². The third kappa shape index (κ3) is 5.46. The monoisotopic (exact) mass is 407 g/mol. The van der Waals surface area contributed by atoms with Gasteiger partial charge in [0.05, 0.1) is 43.5 Å². The molecule has 29 heavy (non-hydrogen) atoms. The van der Waals surface area contributed by atoms with Gasteiger partial charge in [0.1, 0.15) is 17.6 Å². The minimum absolute atomic E-state index is 0.0207. The number of hydrogen-bond acceptors (Lipinski definition) is 8. The molecule has 1 aromatic heterocycles. The van der Waals surface area contributed by atoms with Crippen molar-refractivity contribution in [2.45, 2.75) is 69.7 Å². The third-order valence-corrected chi connectivity index (χ3v) is 5.90. The molecule has 2 saturated heterocycles. The van der Waals surface area contributed by atoms with Crippen molar-refractivity contribution in [2.24, 2.45) is 11.8 Å². The molecule has 1 aromatic rings. The maximum atomic E-state index is 12.3. The first-order valence-electron chi connectivity index (χ1n) is 10.0. The second-order valence-electron chi connectivity index (χ2n) is 8.15. The van der Waals surface area contributed by atoms with Crippen molar-refractivity contribution in [3.8, 4) is 0 Å². The lowest BCUT2D eigenvalue weighted by Crippen LogP contribution is -2.51. The average molecular weight is 407 g/mol. The van der Waals surface area contributed by atoms with Gasteiger partial charge in [-0.25, -0.2) is 0 Å². The number of epoxide rings is 1. The van der Waals surface area contributed by atoms with E-state index in [9.17, 15) is 24.9 Å². The fraction of sp³-hybridized carbons (Fsp3) is 0.667. The molecule has 8 heteroatoms. The molecule has 160 valence electrons. The van der Waals surface area contributed by atoms with Crippen LogP contribution >= 0.6 is 0 Å². The molecule has 0 saturated carbocycles. The number of carbonyl (C=O) groups excluding carboxylic acids is 2. The Morgan fingerprint density at radius 3 is 2.62 bits per heavy atom. The number of ketones is 2. The Kier molecular flexibility index (Phi) is 7.13. The summed E-state index contributed by atoms with van der Waals surface area (Å²) in [5, 5.41) is 30.5. The minimum Gasteiger partial charge on any atom is -0.393 e. The van der Waals surface area contributed by atoms with Crippen molar-refractivity contribution in [1.29, 1.82) is 0 Å². The van der Waals surface area contributed by atoms with Gasteiger partial charge in [-0.15, -0.1) is 0 Å². The van der Waals surface area contributed by atoms with Crippen molar-refractivity contribution in [1.82, 2.24) is 4.98 Å². The standard InChI is InChI=1S/C21H29NO7/c1-11(12(2)23)21-18(29-21)9-17-20(27)19(26)13(10-28-17)7-14(24)8-16(25)15-5-3-4-6-22-15/h3-6,11-13,17-21,23,26-27H,7-10H2,1-2H3/t11-,12-,13-,17-,18-,19+,20-,21-/m0/s1. The van der Waals surface area contributed by atoms with E-state index in [0.29, 0.717) is 6.42 Å². The van der Waals surface area contributed by atoms with Crippen molar-refractivity contribution >= 4 is 11.6 Å². The number of Topliss-reactive ketones (excluding diaryl/α,β-unsaturated/α-hetero) is 2. The molecule has 8 atom stereocenters. The summed E-state index contributed by atoms with van der Waals surface area (Å²) in [6, 6.07) is 4.91. The van der Waals surface area contributed by atoms with Crippen LogP contribution < -0.4 is 0 Å². The van der Waals surface area contributed by atoms with Gasteiger partial charge in [-0.1, -0.05) is 13.0 Å². The molecular weight excluding hydrogens is 378 g/mol. The molecule has 3 N–H and O–H groups in total. The Morgan fingerprint density at radius 2 is 1.97 bits per heavy atom. The highest BCUT2D eigenvalue weighted by Gasteiger charge is 2.48. The number of aliphatic hydroxyl groups excluding tert-OH is 3. The quantitative estimate of drug-likeness (QED) is 0.307. The molecule has 0 unspecified atom stereocenters. The number of rotatable bonds is 9. The van der Waals surface area contributed by atoms with E-state index in [0.717, 1.165) is 0 Å². The Hall–Kier alpha value is -1.71. The van der Waals surface area contributed by atoms with Crippen LogP contribution in [-0.4, -0.2) is 75.1 Å². The topological polar surface area (TPSA) is 129 Å². The van der Waals surface area contributed by atoms with E-state index in [4.69, 9.17) is 9.47 Å². The lowest BCUT2D eigenvalue weighted by Gasteiger charge is -2.37. The fourth-order valence-electron chi connectivity index (χ4n) is 3.80. The van der Waals surface area contributed by atoms with E-state index in [2.05, 4.69) is 4.98 Å². The van der Waals surface area contributed by atoms with Crippen LogP contribution in [0.2, 0.25) is 0 Å². The number of nitrogens with zero attached hydrogens (tertiary/aromatic N) is 1. The molecule has 0 radical (unpaired) electrons. The SMILES string of the molecule is C[C@H]([C@@H]1O[C@H]1C[C@@H]1OC[C@H](CC(=O)CC(=O)c2ccccn2)[C@@H](O)[C@H]1O)[C@H](C)O. The van der Waals surface area contributed by atoms with Gasteiger partial charge in [-0.3, -0.25) is 14.6 Å². The van der Waals surface area contributed by atoms with Crippen molar-refractivity contribution in [3.63, 3.8) is 0 Å². The van der Waals surface area contributed by atoms with Gasteiger partial charge in [0.15, 0.2) is 5.78 Å². The van der Waals surface area contributed by atoms with E-state index in [1.165, 1.54) is 6.20 Å². The number of hydrogen-bond donors (Lipinski definition) is 3. The fourth-order valence-corrected chi connectivity index (χ4v) is 3.80. The molecule has 0 aromatic carbocycles. The van der Waals surface area contributed by atoms with E-state index in [1.807, 2.05) is 6.92 Å². The highest BCUT2D eigenvalue weighted by molar-refractivity contribution is 6.06. The summed E-state index contributed by atoms with van der Waals surface area (Å²) in [6.07, 6.45) is -1.99. The van der Waals surface area contributed by atoms with Gasteiger partial charge in [0, 0.05) is 30.9 Å². The zero-order valence-corrected chi connectivity index (χ0v) is 16.7. The zero-order valence-electron chi connectivity index (χ0n) is 16.7. The predicted octanol–water partition coefficient (Wildman–Crippen LogP) is 0.525. The second kappa shape index (κ2) is 9.40. The van der Waals surface area contributed by atoms with Crippen LogP contribution in [0.5, 0.6) is 0 Å². The predicted molar refractivity (Wildman–Crippen MR) is 102 cm³/mol. The first-order chi connectivity index (χ1) is 13.8. The number of pyridine rings is 1. The van der Waals surface area contributed by atoms with E-state index in [1.54, 1.807) is 25.1 Å². The first-order valence-corrected chi connectivity index (χ1v) is 10.0. The van der Waals surface area contributed by atoms with Gasteiger partial charge in [0.2, 0.25) is 0 Å². The van der Waals surface area contributed by atoms with Crippen LogP contribution in [0.15, 0.2) is 24.4 Å². The molecule has 8 nitrogen and oxygen atoms in total. The van der Waals surface area contributed by atoms with E-state index in [-0.39, 0.29) is 54.8 Å².